The van der Waals surface area contributed by atoms with Crippen LogP contribution in [-0.4, -0.2) is 22.5 Å². The molecular weight excluding hydrogens is 212 g/mol. The van der Waals surface area contributed by atoms with E-state index in [1.165, 1.54) is 0 Å². The number of aliphatic imine (C=N–C) groups is 1. The average Bonchev–Trinajstić information content (AvgIpc) is 2.73. The fraction of sp³-hybridized carbons (Fsp3) is 0.231. The molecular formula is C13H14N4. The molecule has 4 heteroatoms. The molecule has 0 saturated heterocycles. The predicted molar refractivity (Wildman–Crippen MR) is 69.6 cm³/mol. The summed E-state index contributed by atoms with van der Waals surface area (Å²) in [6, 6.07) is 8.04. The van der Waals surface area contributed by atoms with Crippen LogP contribution in [0.4, 0.5) is 5.82 Å². The van der Waals surface area contributed by atoms with Gasteiger partial charge in [-0.1, -0.05) is 12.1 Å². The number of aromatic amines is 1. The van der Waals surface area contributed by atoms with Gasteiger partial charge in [0.25, 0.3) is 0 Å². The molecule has 0 bridgehead atoms. The highest BCUT2D eigenvalue weighted by Crippen LogP contribution is 2.23. The van der Waals surface area contributed by atoms with Gasteiger partial charge in [-0.3, -0.25) is 5.10 Å². The Labute approximate surface area is 99.4 Å². The van der Waals surface area contributed by atoms with Crippen molar-refractivity contribution in [3.63, 3.8) is 0 Å². The van der Waals surface area contributed by atoms with Crippen molar-refractivity contribution in [1.82, 2.24) is 15.5 Å². The van der Waals surface area contributed by atoms with Gasteiger partial charge in [0.1, 0.15) is 0 Å². The van der Waals surface area contributed by atoms with Crippen LogP contribution >= 0.6 is 0 Å². The van der Waals surface area contributed by atoms with E-state index in [0.29, 0.717) is 0 Å². The standard InChI is InChI=1S/C13H14N4/c1-9-8-10(6-7-14-9)15-13-11-4-2-3-5-12(11)16-17-13/h2-5,8,14H,6-7H2,1H3,(H,16,17). The Morgan fingerprint density at radius 2 is 2.18 bits per heavy atom. The zero-order valence-electron chi connectivity index (χ0n) is 9.70. The minimum Gasteiger partial charge on any atom is -0.388 e. The molecule has 86 valence electrons. The summed E-state index contributed by atoms with van der Waals surface area (Å²) in [4.78, 5) is 4.61. The minimum atomic E-state index is 0.779. The van der Waals surface area contributed by atoms with Gasteiger partial charge in [0.05, 0.1) is 5.52 Å². The normalized spacial score (nSPS) is 18.2. The molecule has 4 nitrogen and oxygen atoms in total. The summed E-state index contributed by atoms with van der Waals surface area (Å²) in [5, 5.41) is 11.6. The summed E-state index contributed by atoms with van der Waals surface area (Å²) in [5.41, 5.74) is 3.27. The number of nitrogens with zero attached hydrogens (tertiary/aromatic N) is 2. The number of hydrogen-bond donors (Lipinski definition) is 2. The first-order chi connectivity index (χ1) is 8.33. The van der Waals surface area contributed by atoms with Crippen molar-refractivity contribution in [1.29, 1.82) is 0 Å². The molecule has 0 spiro atoms. The first-order valence-electron chi connectivity index (χ1n) is 5.76. The monoisotopic (exact) mass is 226 g/mol. The van der Waals surface area contributed by atoms with Crippen molar-refractivity contribution >= 4 is 22.4 Å². The molecule has 2 heterocycles. The molecule has 2 aromatic rings. The van der Waals surface area contributed by atoms with Gasteiger partial charge < -0.3 is 5.32 Å². The van der Waals surface area contributed by atoms with E-state index in [2.05, 4.69) is 33.5 Å². The van der Waals surface area contributed by atoms with Crippen LogP contribution in [0.2, 0.25) is 0 Å². The van der Waals surface area contributed by atoms with Gasteiger partial charge in [0, 0.05) is 29.8 Å². The van der Waals surface area contributed by atoms with Crippen LogP contribution in [0.25, 0.3) is 10.9 Å². The smallest absolute Gasteiger partial charge is 0.181 e. The molecule has 0 saturated carbocycles. The van der Waals surface area contributed by atoms with Crippen LogP contribution in [0.5, 0.6) is 0 Å². The summed E-state index contributed by atoms with van der Waals surface area (Å²) in [5.74, 6) is 0.779. The maximum atomic E-state index is 4.61. The SMILES string of the molecule is CC1=CC(=Nc2n[nH]c3ccccc23)CCN1. The molecule has 0 fully saturated rings. The third-order valence-corrected chi connectivity index (χ3v) is 2.87. The van der Waals surface area contributed by atoms with Crippen molar-refractivity contribution in [3.05, 3.63) is 36.0 Å². The second-order valence-electron chi connectivity index (χ2n) is 4.20. The number of aromatic nitrogens is 2. The van der Waals surface area contributed by atoms with Crippen LogP contribution in [-0.2, 0) is 0 Å². The molecule has 3 rings (SSSR count). The Hall–Kier alpha value is -2.10. The van der Waals surface area contributed by atoms with E-state index in [9.17, 15) is 0 Å². The fourth-order valence-electron chi connectivity index (χ4n) is 2.02. The van der Waals surface area contributed by atoms with E-state index in [0.717, 1.165) is 41.1 Å². The number of para-hydroxylation sites is 1. The zero-order valence-corrected chi connectivity index (χ0v) is 9.70. The van der Waals surface area contributed by atoms with Crippen molar-refractivity contribution in [2.75, 3.05) is 6.54 Å². The lowest BCUT2D eigenvalue weighted by Crippen LogP contribution is -2.21. The van der Waals surface area contributed by atoms with Gasteiger partial charge in [-0.25, -0.2) is 4.99 Å². The lowest BCUT2D eigenvalue weighted by Gasteiger charge is -2.12. The Kier molecular flexibility index (Phi) is 2.40. The minimum absolute atomic E-state index is 0.779. The number of nitrogens with one attached hydrogen (secondary N) is 2. The van der Waals surface area contributed by atoms with E-state index in [1.54, 1.807) is 0 Å². The average molecular weight is 226 g/mol. The third kappa shape index (κ3) is 1.93. The highest BCUT2D eigenvalue weighted by molar-refractivity contribution is 6.00. The van der Waals surface area contributed by atoms with E-state index in [1.807, 2.05) is 24.3 Å². The fourth-order valence-corrected chi connectivity index (χ4v) is 2.02. The Morgan fingerprint density at radius 3 is 3.06 bits per heavy atom. The third-order valence-electron chi connectivity index (χ3n) is 2.87. The van der Waals surface area contributed by atoms with E-state index >= 15 is 0 Å². The molecule has 17 heavy (non-hydrogen) atoms. The first-order valence-corrected chi connectivity index (χ1v) is 5.76. The number of H-pyrrole nitrogens is 1. The van der Waals surface area contributed by atoms with Gasteiger partial charge >= 0.3 is 0 Å². The number of fused-ring (bicyclic) bond motifs is 1. The second-order valence-corrected chi connectivity index (χ2v) is 4.20. The van der Waals surface area contributed by atoms with Crippen LogP contribution in [0.3, 0.4) is 0 Å². The zero-order chi connectivity index (χ0) is 11.7. The van der Waals surface area contributed by atoms with Crippen molar-refractivity contribution < 1.29 is 0 Å². The first kappa shape index (κ1) is 10.1. The van der Waals surface area contributed by atoms with Crippen LogP contribution < -0.4 is 5.32 Å². The molecule has 0 amide bonds. The molecule has 1 aliphatic heterocycles. The van der Waals surface area contributed by atoms with Gasteiger partial charge in [-0.05, 0) is 25.1 Å². The molecule has 0 unspecified atom stereocenters. The molecule has 0 atom stereocenters. The van der Waals surface area contributed by atoms with Gasteiger partial charge in [-0.2, -0.15) is 5.10 Å². The predicted octanol–water partition coefficient (Wildman–Crippen LogP) is 2.53. The topological polar surface area (TPSA) is 53.1 Å². The molecule has 0 aliphatic carbocycles. The Balaban J connectivity index is 2.05. The summed E-state index contributed by atoms with van der Waals surface area (Å²) in [6.07, 6.45) is 3.02. The van der Waals surface area contributed by atoms with E-state index in [-0.39, 0.29) is 0 Å². The van der Waals surface area contributed by atoms with Crippen molar-refractivity contribution in [2.24, 2.45) is 4.99 Å². The quantitative estimate of drug-likeness (QED) is 0.785. The number of hydrogen-bond acceptors (Lipinski definition) is 3. The largest absolute Gasteiger partial charge is 0.388 e. The lowest BCUT2D eigenvalue weighted by atomic mass is 10.1. The molecule has 1 aliphatic rings. The van der Waals surface area contributed by atoms with Gasteiger partial charge in [0.15, 0.2) is 5.82 Å². The maximum absolute atomic E-state index is 4.61. The summed E-state index contributed by atoms with van der Waals surface area (Å²) in [6.45, 7) is 3.00. The lowest BCUT2D eigenvalue weighted by molar-refractivity contribution is 0.801. The molecule has 0 radical (unpaired) electrons. The second kappa shape index (κ2) is 4.05. The Morgan fingerprint density at radius 1 is 1.29 bits per heavy atom. The van der Waals surface area contributed by atoms with E-state index in [4.69, 9.17) is 0 Å². The summed E-state index contributed by atoms with van der Waals surface area (Å²) < 4.78 is 0. The van der Waals surface area contributed by atoms with Crippen LogP contribution in [0, 0.1) is 0 Å². The van der Waals surface area contributed by atoms with Crippen molar-refractivity contribution in [3.8, 4) is 0 Å². The summed E-state index contributed by atoms with van der Waals surface area (Å²) in [7, 11) is 0. The Bertz CT molecular complexity index is 607. The number of benzene rings is 1. The highest BCUT2D eigenvalue weighted by Gasteiger charge is 2.07. The molecule has 1 aromatic heterocycles. The number of allylic oxidation sites excluding steroid dienone is 2. The molecule has 2 N–H and O–H groups in total. The van der Waals surface area contributed by atoms with Gasteiger partial charge in [-0.15, -0.1) is 0 Å². The van der Waals surface area contributed by atoms with Gasteiger partial charge in [0.2, 0.25) is 0 Å². The maximum Gasteiger partial charge on any atom is 0.181 e. The van der Waals surface area contributed by atoms with Crippen LogP contribution in [0.15, 0.2) is 41.0 Å². The van der Waals surface area contributed by atoms with Crippen LogP contribution in [0.1, 0.15) is 13.3 Å². The van der Waals surface area contributed by atoms with E-state index < -0.39 is 0 Å². The number of rotatable bonds is 1. The highest BCUT2D eigenvalue weighted by atomic mass is 15.2. The van der Waals surface area contributed by atoms with Crippen molar-refractivity contribution in [2.45, 2.75) is 13.3 Å². The summed E-state index contributed by atoms with van der Waals surface area (Å²) >= 11 is 0. The molecule has 1 aromatic carbocycles.